The average molecular weight is 443 g/mol. The summed E-state index contributed by atoms with van der Waals surface area (Å²) in [6.07, 6.45) is 5.40. The second-order valence-corrected chi connectivity index (χ2v) is 8.61. The molecule has 0 heterocycles. The second kappa shape index (κ2) is 10.6. The summed E-state index contributed by atoms with van der Waals surface area (Å²) in [4.78, 5) is 0. The molecule has 0 fully saturated rings. The molecule has 0 aliphatic heterocycles. The van der Waals surface area contributed by atoms with Crippen LogP contribution in [0.5, 0.6) is 11.5 Å². The average Bonchev–Trinajstić information content (AvgIpc) is 3.13. The predicted molar refractivity (Wildman–Crippen MR) is 136 cm³/mol. The molecule has 0 saturated heterocycles. The van der Waals surface area contributed by atoms with Gasteiger partial charge in [-0.05, 0) is 70.1 Å². The van der Waals surface area contributed by atoms with Crippen LogP contribution in [-0.4, -0.2) is 12.9 Å². The van der Waals surface area contributed by atoms with Gasteiger partial charge in [0.05, 0.1) is 12.9 Å². The van der Waals surface area contributed by atoms with Gasteiger partial charge in [0.15, 0.2) is 0 Å². The first-order valence-electron chi connectivity index (χ1n) is 12.1. The quantitative estimate of drug-likeness (QED) is 0.170. The van der Waals surface area contributed by atoms with E-state index in [1.54, 1.807) is 0 Å². The Labute approximate surface area is 198 Å². The largest absolute Gasteiger partial charge is 0.494 e. The zero-order valence-electron chi connectivity index (χ0n) is 20.0. The van der Waals surface area contributed by atoms with Gasteiger partial charge in [0.2, 0.25) is 6.29 Å². The second-order valence-electron chi connectivity index (χ2n) is 8.61. The first kappa shape index (κ1) is 23.0. The Morgan fingerprint density at radius 1 is 0.848 bits per heavy atom. The lowest BCUT2D eigenvalue weighted by Crippen LogP contribution is -2.16. The molecule has 0 amide bonds. The minimum atomic E-state index is -0.312. The molecule has 4 rings (SSSR count). The SMILES string of the molecule is C=COC(CC)Oc1ccc(-c2ccc3c(c2)C(C)c2cc(OCCCCC)ccc2-3)cc1. The number of hydrogen-bond donors (Lipinski definition) is 0. The summed E-state index contributed by atoms with van der Waals surface area (Å²) in [7, 11) is 0. The van der Waals surface area contributed by atoms with Crippen molar-refractivity contribution < 1.29 is 14.2 Å². The van der Waals surface area contributed by atoms with E-state index in [4.69, 9.17) is 14.2 Å². The van der Waals surface area contributed by atoms with E-state index in [1.807, 2.05) is 19.1 Å². The lowest BCUT2D eigenvalue weighted by atomic mass is 9.95. The number of rotatable bonds is 11. The molecule has 0 aromatic heterocycles. The first-order chi connectivity index (χ1) is 16.1. The lowest BCUT2D eigenvalue weighted by molar-refractivity contribution is -0.0308. The number of unbranched alkanes of at least 4 members (excludes halogenated alkanes) is 2. The molecule has 172 valence electrons. The van der Waals surface area contributed by atoms with Gasteiger partial charge in [-0.2, -0.15) is 0 Å². The molecule has 0 spiro atoms. The molecule has 3 nitrogen and oxygen atoms in total. The summed E-state index contributed by atoms with van der Waals surface area (Å²) in [5.74, 6) is 2.12. The van der Waals surface area contributed by atoms with E-state index in [2.05, 4.69) is 69.0 Å². The summed E-state index contributed by atoms with van der Waals surface area (Å²) in [6.45, 7) is 10.9. The molecule has 1 aliphatic carbocycles. The molecule has 0 saturated carbocycles. The van der Waals surface area contributed by atoms with Crippen LogP contribution in [0.3, 0.4) is 0 Å². The third-order valence-corrected chi connectivity index (χ3v) is 6.35. The molecule has 3 heteroatoms. The first-order valence-corrected chi connectivity index (χ1v) is 12.1. The summed E-state index contributed by atoms with van der Waals surface area (Å²) < 4.78 is 17.3. The maximum Gasteiger partial charge on any atom is 0.239 e. The number of hydrogen-bond acceptors (Lipinski definition) is 3. The third kappa shape index (κ3) is 5.08. The molecular weight excluding hydrogens is 408 g/mol. The number of benzene rings is 3. The summed E-state index contributed by atoms with van der Waals surface area (Å²) >= 11 is 0. The fraction of sp³-hybridized carbons (Fsp3) is 0.333. The van der Waals surface area contributed by atoms with Crippen LogP contribution in [0.4, 0.5) is 0 Å². The van der Waals surface area contributed by atoms with Gasteiger partial charge in [-0.3, -0.25) is 0 Å². The van der Waals surface area contributed by atoms with Crippen molar-refractivity contribution in [3.05, 3.63) is 84.6 Å². The van der Waals surface area contributed by atoms with Gasteiger partial charge in [-0.15, -0.1) is 0 Å². The molecule has 2 unspecified atom stereocenters. The number of fused-ring (bicyclic) bond motifs is 3. The van der Waals surface area contributed by atoms with Crippen molar-refractivity contribution in [1.82, 2.24) is 0 Å². The Hall–Kier alpha value is -3.20. The predicted octanol–water partition coefficient (Wildman–Crippen LogP) is 8.33. The highest BCUT2D eigenvalue weighted by molar-refractivity contribution is 5.82. The van der Waals surface area contributed by atoms with E-state index >= 15 is 0 Å². The smallest absolute Gasteiger partial charge is 0.239 e. The van der Waals surface area contributed by atoms with Crippen molar-refractivity contribution >= 4 is 0 Å². The minimum Gasteiger partial charge on any atom is -0.494 e. The van der Waals surface area contributed by atoms with Crippen LogP contribution in [0.15, 0.2) is 73.5 Å². The third-order valence-electron chi connectivity index (χ3n) is 6.35. The van der Waals surface area contributed by atoms with Crippen molar-refractivity contribution in [2.75, 3.05) is 6.61 Å². The Balaban J connectivity index is 1.51. The van der Waals surface area contributed by atoms with E-state index in [1.165, 1.54) is 52.5 Å². The zero-order valence-corrected chi connectivity index (χ0v) is 20.0. The van der Waals surface area contributed by atoms with Crippen molar-refractivity contribution in [3.63, 3.8) is 0 Å². The van der Waals surface area contributed by atoms with E-state index in [-0.39, 0.29) is 6.29 Å². The maximum atomic E-state index is 6.01. The van der Waals surface area contributed by atoms with Crippen molar-refractivity contribution in [2.24, 2.45) is 0 Å². The van der Waals surface area contributed by atoms with Gasteiger partial charge in [0, 0.05) is 12.3 Å². The zero-order chi connectivity index (χ0) is 23.2. The highest BCUT2D eigenvalue weighted by atomic mass is 16.7. The molecule has 3 aromatic carbocycles. The molecular formula is C30H34O3. The van der Waals surface area contributed by atoms with Crippen LogP contribution >= 0.6 is 0 Å². The fourth-order valence-electron chi connectivity index (χ4n) is 4.48. The summed E-state index contributed by atoms with van der Waals surface area (Å²) in [5, 5.41) is 0. The van der Waals surface area contributed by atoms with Crippen molar-refractivity contribution in [1.29, 1.82) is 0 Å². The molecule has 33 heavy (non-hydrogen) atoms. The van der Waals surface area contributed by atoms with E-state index < -0.39 is 0 Å². The van der Waals surface area contributed by atoms with E-state index in [0.717, 1.165) is 30.9 Å². The van der Waals surface area contributed by atoms with Crippen LogP contribution in [0, 0.1) is 0 Å². The Kier molecular flexibility index (Phi) is 7.39. The molecule has 0 radical (unpaired) electrons. The standard InChI is InChI=1S/C30H34O3/c1-5-8-9-18-32-25-15-17-27-26-16-12-23(19-28(26)21(4)29(27)20-25)22-10-13-24(14-11-22)33-30(6-2)31-7-3/h7,10-17,19-21,30H,3,5-6,8-9,18H2,1-2,4H3. The van der Waals surface area contributed by atoms with Crippen LogP contribution < -0.4 is 9.47 Å². The molecule has 0 N–H and O–H groups in total. The molecule has 3 aromatic rings. The van der Waals surface area contributed by atoms with Crippen LogP contribution in [-0.2, 0) is 4.74 Å². The molecule has 1 aliphatic rings. The van der Waals surface area contributed by atoms with Gasteiger partial charge in [0.25, 0.3) is 0 Å². The van der Waals surface area contributed by atoms with Gasteiger partial charge >= 0.3 is 0 Å². The lowest BCUT2D eigenvalue weighted by Gasteiger charge is -2.17. The van der Waals surface area contributed by atoms with E-state index in [9.17, 15) is 0 Å². The normalized spacial score (nSPS) is 14.8. The van der Waals surface area contributed by atoms with Crippen molar-refractivity contribution in [3.8, 4) is 33.8 Å². The van der Waals surface area contributed by atoms with Crippen molar-refractivity contribution in [2.45, 2.75) is 58.7 Å². The van der Waals surface area contributed by atoms with E-state index in [0.29, 0.717) is 5.92 Å². The summed E-state index contributed by atoms with van der Waals surface area (Å²) in [5.41, 5.74) is 7.76. The maximum absolute atomic E-state index is 6.01. The van der Waals surface area contributed by atoms with Crippen LogP contribution in [0.1, 0.15) is 63.5 Å². The Morgan fingerprint density at radius 3 is 2.21 bits per heavy atom. The van der Waals surface area contributed by atoms with Gasteiger partial charge < -0.3 is 14.2 Å². The van der Waals surface area contributed by atoms with Crippen LogP contribution in [0.2, 0.25) is 0 Å². The highest BCUT2D eigenvalue weighted by Gasteiger charge is 2.26. The van der Waals surface area contributed by atoms with Crippen LogP contribution in [0.25, 0.3) is 22.3 Å². The highest BCUT2D eigenvalue weighted by Crippen LogP contribution is 2.47. The van der Waals surface area contributed by atoms with Gasteiger partial charge in [0.1, 0.15) is 11.5 Å². The van der Waals surface area contributed by atoms with Gasteiger partial charge in [-0.1, -0.05) is 70.5 Å². The Morgan fingerprint density at radius 2 is 1.52 bits per heavy atom. The summed E-state index contributed by atoms with van der Waals surface area (Å²) in [6, 6.07) is 21.6. The van der Waals surface area contributed by atoms with Gasteiger partial charge in [-0.25, -0.2) is 0 Å². The number of ether oxygens (including phenoxy) is 3. The monoisotopic (exact) mass is 442 g/mol. The molecule has 0 bridgehead atoms. The Bertz CT molecular complexity index is 1080. The minimum absolute atomic E-state index is 0.312. The fourth-order valence-corrected chi connectivity index (χ4v) is 4.48. The topological polar surface area (TPSA) is 27.7 Å². The molecule has 2 atom stereocenters.